The van der Waals surface area contributed by atoms with Crippen LogP contribution >= 0.6 is 0 Å². The molecule has 3 fully saturated rings. The first-order chi connectivity index (χ1) is 18.1. The summed E-state index contributed by atoms with van der Waals surface area (Å²) < 4.78 is 5.23. The topological polar surface area (TPSA) is 138 Å². The number of allylic oxidation sites excluding steroid dienone is 2. The number of carbonyl (C=O) groups is 4. The standard InChI is InChI=1S/C32H46O8/c1-17(33)40-27(2,3)13-12-23(36)32(9,39)25-21(35)15-29(6)22-11-10-18-19(14-20(34)26(38)28(18,4)5)31(22,8)24(37)16-30(25,29)7/h10,12-13,19-22,25,34-35,39H,11,14-16H2,1-9H3/b13-12+/t19-,20+,21-,22+,25?,29+,30-,31+,32?/m1/s1. The highest BCUT2D eigenvalue weighted by atomic mass is 16.6. The third-order valence-electron chi connectivity index (χ3n) is 11.5. The summed E-state index contributed by atoms with van der Waals surface area (Å²) in [5, 5.41) is 34.0. The molecule has 40 heavy (non-hydrogen) atoms. The molecule has 0 amide bonds. The SMILES string of the molecule is CC(=O)OC(C)(C)/C=C/C(=O)C(C)(O)C1[C@H](O)C[C@@]2(C)[C@@H]3CC=C4[C@@H](C[C@H](O)C(=O)C4(C)C)[C@]3(C)C(=O)C[C@]12C. The Hall–Kier alpha value is -2.16. The number of hydrogen-bond donors (Lipinski definition) is 3. The zero-order chi connectivity index (χ0) is 30.4. The molecule has 0 aromatic carbocycles. The molecule has 3 N–H and O–H groups in total. The van der Waals surface area contributed by atoms with Gasteiger partial charge in [0.2, 0.25) is 0 Å². The Morgan fingerprint density at radius 2 is 1.65 bits per heavy atom. The van der Waals surface area contributed by atoms with Crippen LogP contribution in [0.5, 0.6) is 0 Å². The molecule has 3 saturated carbocycles. The molecule has 8 heteroatoms. The van der Waals surface area contributed by atoms with Crippen molar-refractivity contribution >= 4 is 23.3 Å². The summed E-state index contributed by atoms with van der Waals surface area (Å²) in [5.74, 6) is -2.85. The van der Waals surface area contributed by atoms with Crippen LogP contribution in [0.25, 0.3) is 0 Å². The van der Waals surface area contributed by atoms with Crippen molar-refractivity contribution in [2.24, 2.45) is 39.4 Å². The molecule has 0 spiro atoms. The molecule has 0 aromatic heterocycles. The average molecular weight is 559 g/mol. The molecule has 9 atom stereocenters. The first-order valence-electron chi connectivity index (χ1n) is 14.4. The molecule has 0 bridgehead atoms. The minimum Gasteiger partial charge on any atom is -0.456 e. The predicted octanol–water partition coefficient (Wildman–Crippen LogP) is 3.50. The van der Waals surface area contributed by atoms with E-state index in [0.717, 1.165) is 5.57 Å². The van der Waals surface area contributed by atoms with E-state index in [0.29, 0.717) is 12.8 Å². The van der Waals surface area contributed by atoms with Gasteiger partial charge >= 0.3 is 5.97 Å². The summed E-state index contributed by atoms with van der Waals surface area (Å²) in [6, 6.07) is 0. The van der Waals surface area contributed by atoms with Gasteiger partial charge in [0, 0.05) is 30.1 Å². The summed E-state index contributed by atoms with van der Waals surface area (Å²) in [5.41, 5.74) is -5.43. The largest absolute Gasteiger partial charge is 0.456 e. The molecule has 4 aliphatic rings. The Labute approximate surface area is 237 Å². The smallest absolute Gasteiger partial charge is 0.303 e. The Kier molecular flexibility index (Phi) is 7.06. The van der Waals surface area contributed by atoms with Crippen LogP contribution in [0.2, 0.25) is 0 Å². The van der Waals surface area contributed by atoms with Crippen LogP contribution in [0.1, 0.15) is 88.0 Å². The number of Topliss-reactive ketones (excluding diaryl/α,β-unsaturated/α-hetero) is 2. The quantitative estimate of drug-likeness (QED) is 0.265. The fourth-order valence-corrected chi connectivity index (χ4v) is 9.40. The van der Waals surface area contributed by atoms with Crippen LogP contribution in [0.4, 0.5) is 0 Å². The fourth-order valence-electron chi connectivity index (χ4n) is 9.40. The number of ether oxygens (including phenoxy) is 1. The van der Waals surface area contributed by atoms with E-state index in [1.54, 1.807) is 13.8 Å². The van der Waals surface area contributed by atoms with E-state index in [1.807, 2.05) is 27.7 Å². The maximum absolute atomic E-state index is 14.3. The number of aliphatic hydroxyl groups excluding tert-OH is 2. The van der Waals surface area contributed by atoms with E-state index in [2.05, 4.69) is 13.0 Å². The summed E-state index contributed by atoms with van der Waals surface area (Å²) in [4.78, 5) is 52.1. The number of aliphatic hydroxyl groups is 3. The summed E-state index contributed by atoms with van der Waals surface area (Å²) in [6.45, 7) is 15.4. The summed E-state index contributed by atoms with van der Waals surface area (Å²) >= 11 is 0. The van der Waals surface area contributed by atoms with Crippen molar-refractivity contribution < 1.29 is 39.2 Å². The fraction of sp³-hybridized carbons (Fsp3) is 0.750. The molecule has 0 radical (unpaired) electrons. The zero-order valence-electron chi connectivity index (χ0n) is 25.3. The lowest BCUT2D eigenvalue weighted by atomic mass is 9.38. The van der Waals surface area contributed by atoms with Crippen LogP contribution in [-0.2, 0) is 23.9 Å². The van der Waals surface area contributed by atoms with Gasteiger partial charge in [-0.15, -0.1) is 0 Å². The highest BCUT2D eigenvalue weighted by Crippen LogP contribution is 2.74. The van der Waals surface area contributed by atoms with Gasteiger partial charge in [0.1, 0.15) is 23.1 Å². The molecule has 222 valence electrons. The predicted molar refractivity (Wildman–Crippen MR) is 148 cm³/mol. The lowest BCUT2D eigenvalue weighted by molar-refractivity contribution is -0.183. The van der Waals surface area contributed by atoms with Crippen LogP contribution in [0, 0.1) is 39.4 Å². The van der Waals surface area contributed by atoms with E-state index < -0.39 is 62.7 Å². The molecular weight excluding hydrogens is 512 g/mol. The minimum atomic E-state index is -1.99. The third-order valence-corrected chi connectivity index (χ3v) is 11.5. The molecule has 4 rings (SSSR count). The monoisotopic (exact) mass is 558 g/mol. The number of esters is 1. The number of rotatable bonds is 5. The lowest BCUT2D eigenvalue weighted by Gasteiger charge is -2.64. The molecule has 8 nitrogen and oxygen atoms in total. The molecule has 4 aliphatic carbocycles. The zero-order valence-corrected chi connectivity index (χ0v) is 25.3. The normalized spacial score (nSPS) is 42.4. The van der Waals surface area contributed by atoms with Crippen molar-refractivity contribution in [1.29, 1.82) is 0 Å². The maximum Gasteiger partial charge on any atom is 0.303 e. The van der Waals surface area contributed by atoms with E-state index in [-0.39, 0.29) is 36.2 Å². The van der Waals surface area contributed by atoms with E-state index in [1.165, 1.54) is 26.0 Å². The Morgan fingerprint density at radius 3 is 2.23 bits per heavy atom. The highest BCUT2D eigenvalue weighted by molar-refractivity contribution is 5.98. The van der Waals surface area contributed by atoms with Gasteiger partial charge in [-0.2, -0.15) is 0 Å². The van der Waals surface area contributed by atoms with Gasteiger partial charge in [0.25, 0.3) is 0 Å². The van der Waals surface area contributed by atoms with Gasteiger partial charge in [-0.05, 0) is 88.7 Å². The number of fused-ring (bicyclic) bond motifs is 5. The summed E-state index contributed by atoms with van der Waals surface area (Å²) in [6.07, 6.45) is 3.55. The summed E-state index contributed by atoms with van der Waals surface area (Å²) in [7, 11) is 0. The first kappa shape index (κ1) is 30.8. The van der Waals surface area contributed by atoms with Gasteiger partial charge < -0.3 is 20.1 Å². The maximum atomic E-state index is 14.3. The second-order valence-corrected chi connectivity index (χ2v) is 14.8. The molecular formula is C32H46O8. The van der Waals surface area contributed by atoms with Gasteiger partial charge in [-0.1, -0.05) is 32.4 Å². The van der Waals surface area contributed by atoms with E-state index in [4.69, 9.17) is 4.74 Å². The lowest BCUT2D eigenvalue weighted by Crippen LogP contribution is -2.65. The second-order valence-electron chi connectivity index (χ2n) is 14.8. The Morgan fingerprint density at radius 1 is 1.05 bits per heavy atom. The average Bonchev–Trinajstić information content (AvgIpc) is 3.01. The van der Waals surface area contributed by atoms with Crippen molar-refractivity contribution in [3.05, 3.63) is 23.8 Å². The molecule has 0 heterocycles. The Bertz CT molecular complexity index is 1210. The Balaban J connectivity index is 1.75. The van der Waals surface area contributed by atoms with Crippen molar-refractivity contribution in [2.75, 3.05) is 0 Å². The van der Waals surface area contributed by atoms with Crippen molar-refractivity contribution in [1.82, 2.24) is 0 Å². The van der Waals surface area contributed by atoms with Crippen molar-refractivity contribution in [3.8, 4) is 0 Å². The van der Waals surface area contributed by atoms with Gasteiger partial charge in [0.05, 0.1) is 6.10 Å². The van der Waals surface area contributed by atoms with Crippen molar-refractivity contribution in [3.63, 3.8) is 0 Å². The van der Waals surface area contributed by atoms with Gasteiger partial charge in [-0.3, -0.25) is 19.2 Å². The molecule has 0 saturated heterocycles. The minimum absolute atomic E-state index is 0.0284. The molecule has 2 unspecified atom stereocenters. The number of hydrogen-bond acceptors (Lipinski definition) is 8. The van der Waals surface area contributed by atoms with Gasteiger partial charge in [-0.25, -0.2) is 0 Å². The first-order valence-corrected chi connectivity index (χ1v) is 14.4. The van der Waals surface area contributed by atoms with Crippen LogP contribution < -0.4 is 0 Å². The van der Waals surface area contributed by atoms with Crippen LogP contribution in [0.3, 0.4) is 0 Å². The number of ketones is 3. The van der Waals surface area contributed by atoms with Gasteiger partial charge in [0.15, 0.2) is 11.6 Å². The van der Waals surface area contributed by atoms with E-state index in [9.17, 15) is 34.5 Å². The second kappa shape index (κ2) is 9.17. The van der Waals surface area contributed by atoms with Crippen molar-refractivity contribution in [2.45, 2.75) is 111 Å². The molecule has 0 aliphatic heterocycles. The molecule has 0 aromatic rings. The highest BCUT2D eigenvalue weighted by Gasteiger charge is 2.74. The van der Waals surface area contributed by atoms with Crippen LogP contribution in [-0.4, -0.2) is 62.0 Å². The van der Waals surface area contributed by atoms with Crippen LogP contribution in [0.15, 0.2) is 23.8 Å². The third kappa shape index (κ3) is 4.11. The number of carbonyl (C=O) groups excluding carboxylic acids is 4. The van der Waals surface area contributed by atoms with E-state index >= 15 is 0 Å².